The van der Waals surface area contributed by atoms with Crippen LogP contribution in [0.2, 0.25) is 5.02 Å². The van der Waals surface area contributed by atoms with Crippen LogP contribution in [0.25, 0.3) is 11.0 Å². The number of para-hydroxylation sites is 1. The second kappa shape index (κ2) is 6.14. The normalized spacial score (nSPS) is 10.5. The van der Waals surface area contributed by atoms with Gasteiger partial charge in [-0.05, 0) is 30.3 Å². The highest BCUT2D eigenvalue weighted by Crippen LogP contribution is 2.24. The minimum Gasteiger partial charge on any atom is -0.496 e. The maximum atomic E-state index is 12.4. The van der Waals surface area contributed by atoms with Crippen LogP contribution in [-0.4, -0.2) is 13.0 Å². The van der Waals surface area contributed by atoms with Gasteiger partial charge in [-0.25, -0.2) is 4.79 Å². The number of hydrogen-bond acceptors (Lipinski definition) is 4. The SMILES string of the molecule is COc1ccc(Cl)cc1C(=O)Nc1cc2ccccc2oc1=O. The van der Waals surface area contributed by atoms with Crippen LogP contribution >= 0.6 is 11.6 Å². The van der Waals surface area contributed by atoms with Crippen molar-refractivity contribution in [3.05, 3.63) is 69.5 Å². The lowest BCUT2D eigenvalue weighted by Crippen LogP contribution is -2.18. The van der Waals surface area contributed by atoms with Gasteiger partial charge in [0.05, 0.1) is 12.7 Å². The van der Waals surface area contributed by atoms with E-state index in [1.165, 1.54) is 13.2 Å². The average molecular weight is 330 g/mol. The van der Waals surface area contributed by atoms with Gasteiger partial charge in [-0.1, -0.05) is 29.8 Å². The Bertz CT molecular complexity index is 949. The van der Waals surface area contributed by atoms with E-state index >= 15 is 0 Å². The summed E-state index contributed by atoms with van der Waals surface area (Å²) < 4.78 is 10.3. The number of carbonyl (C=O) groups excluding carboxylic acids is 1. The smallest absolute Gasteiger partial charge is 0.360 e. The van der Waals surface area contributed by atoms with Gasteiger partial charge in [-0.2, -0.15) is 0 Å². The highest BCUT2D eigenvalue weighted by Gasteiger charge is 2.15. The monoisotopic (exact) mass is 329 g/mol. The van der Waals surface area contributed by atoms with Crippen LogP contribution in [0.5, 0.6) is 5.75 Å². The zero-order valence-electron chi connectivity index (χ0n) is 12.1. The van der Waals surface area contributed by atoms with E-state index in [2.05, 4.69) is 5.32 Å². The zero-order chi connectivity index (χ0) is 16.4. The highest BCUT2D eigenvalue weighted by atomic mass is 35.5. The summed E-state index contributed by atoms with van der Waals surface area (Å²) in [7, 11) is 1.45. The number of amides is 1. The Balaban J connectivity index is 1.99. The molecule has 0 atom stereocenters. The largest absolute Gasteiger partial charge is 0.496 e. The van der Waals surface area contributed by atoms with Gasteiger partial charge in [0.2, 0.25) is 0 Å². The fourth-order valence-corrected chi connectivity index (χ4v) is 2.37. The molecule has 5 nitrogen and oxygen atoms in total. The average Bonchev–Trinajstić information content (AvgIpc) is 2.55. The Morgan fingerprint density at radius 3 is 2.74 bits per heavy atom. The number of carbonyl (C=O) groups is 1. The van der Waals surface area contributed by atoms with E-state index < -0.39 is 11.5 Å². The topological polar surface area (TPSA) is 68.5 Å². The van der Waals surface area contributed by atoms with Crippen molar-refractivity contribution in [3.8, 4) is 5.75 Å². The lowest BCUT2D eigenvalue weighted by molar-refractivity contribution is 0.102. The summed E-state index contributed by atoms with van der Waals surface area (Å²) in [6, 6.07) is 13.3. The number of nitrogens with one attached hydrogen (secondary N) is 1. The first kappa shape index (κ1) is 15.1. The zero-order valence-corrected chi connectivity index (χ0v) is 12.9. The lowest BCUT2D eigenvalue weighted by atomic mass is 10.1. The molecule has 0 aliphatic rings. The maximum absolute atomic E-state index is 12.4. The Kier molecular flexibility index (Phi) is 4.04. The molecular formula is C17H12ClNO4. The molecule has 0 saturated heterocycles. The molecule has 3 aromatic rings. The standard InChI is InChI=1S/C17H12ClNO4/c1-22-15-7-6-11(18)9-12(15)16(20)19-13-8-10-4-2-3-5-14(10)23-17(13)21/h2-9H,1H3,(H,19,20). The third-order valence-electron chi connectivity index (χ3n) is 3.30. The second-order valence-corrected chi connectivity index (χ2v) is 5.22. The van der Waals surface area contributed by atoms with Crippen LogP contribution in [0.1, 0.15) is 10.4 Å². The number of hydrogen-bond donors (Lipinski definition) is 1. The second-order valence-electron chi connectivity index (χ2n) is 4.78. The third-order valence-corrected chi connectivity index (χ3v) is 3.53. The predicted molar refractivity (Wildman–Crippen MR) is 88.4 cm³/mol. The highest BCUT2D eigenvalue weighted by molar-refractivity contribution is 6.31. The number of benzene rings is 2. The summed E-state index contributed by atoms with van der Waals surface area (Å²) in [4.78, 5) is 24.4. The number of ether oxygens (including phenoxy) is 1. The molecule has 0 bridgehead atoms. The van der Waals surface area contributed by atoms with Crippen molar-refractivity contribution in [2.45, 2.75) is 0 Å². The molecule has 0 aliphatic heterocycles. The fourth-order valence-electron chi connectivity index (χ4n) is 2.20. The van der Waals surface area contributed by atoms with E-state index in [-0.39, 0.29) is 11.3 Å². The van der Waals surface area contributed by atoms with Gasteiger partial charge in [-0.3, -0.25) is 4.79 Å². The maximum Gasteiger partial charge on any atom is 0.360 e. The molecule has 0 aliphatic carbocycles. The molecule has 0 unspecified atom stereocenters. The van der Waals surface area contributed by atoms with Crippen molar-refractivity contribution in [1.82, 2.24) is 0 Å². The van der Waals surface area contributed by atoms with Gasteiger partial charge in [-0.15, -0.1) is 0 Å². The number of methoxy groups -OCH3 is 1. The van der Waals surface area contributed by atoms with Crippen molar-refractivity contribution >= 4 is 34.2 Å². The van der Waals surface area contributed by atoms with Crippen molar-refractivity contribution in [1.29, 1.82) is 0 Å². The van der Waals surface area contributed by atoms with E-state index in [1.807, 2.05) is 6.07 Å². The summed E-state index contributed by atoms with van der Waals surface area (Å²) in [5.41, 5.74) is 0.108. The molecule has 2 aromatic carbocycles. The van der Waals surface area contributed by atoms with Gasteiger partial charge in [0, 0.05) is 10.4 Å². The molecule has 3 rings (SSSR count). The van der Waals surface area contributed by atoms with Gasteiger partial charge in [0.1, 0.15) is 17.0 Å². The fraction of sp³-hybridized carbons (Fsp3) is 0.0588. The molecular weight excluding hydrogens is 318 g/mol. The van der Waals surface area contributed by atoms with Crippen LogP contribution in [0.15, 0.2) is 57.7 Å². The minimum absolute atomic E-state index is 0.0516. The van der Waals surface area contributed by atoms with Crippen LogP contribution in [0.4, 0.5) is 5.69 Å². The Hall–Kier alpha value is -2.79. The van der Waals surface area contributed by atoms with Crippen molar-refractivity contribution in [3.63, 3.8) is 0 Å². The first-order valence-corrected chi connectivity index (χ1v) is 7.14. The number of halogens is 1. The summed E-state index contributed by atoms with van der Waals surface area (Å²) in [6.45, 7) is 0. The number of fused-ring (bicyclic) bond motifs is 1. The minimum atomic E-state index is -0.627. The van der Waals surface area contributed by atoms with Crippen LogP contribution in [0.3, 0.4) is 0 Å². The van der Waals surface area contributed by atoms with E-state index in [9.17, 15) is 9.59 Å². The van der Waals surface area contributed by atoms with Crippen LogP contribution in [-0.2, 0) is 0 Å². The van der Waals surface area contributed by atoms with E-state index in [1.54, 1.807) is 36.4 Å². The van der Waals surface area contributed by atoms with E-state index in [4.69, 9.17) is 20.8 Å². The molecule has 116 valence electrons. The molecule has 6 heteroatoms. The van der Waals surface area contributed by atoms with Gasteiger partial charge < -0.3 is 14.5 Å². The molecule has 0 radical (unpaired) electrons. The predicted octanol–water partition coefficient (Wildman–Crippen LogP) is 3.71. The molecule has 0 saturated carbocycles. The number of anilines is 1. The molecule has 1 amide bonds. The molecule has 1 N–H and O–H groups in total. The van der Waals surface area contributed by atoms with Gasteiger partial charge in [0.25, 0.3) is 5.91 Å². The van der Waals surface area contributed by atoms with Crippen LogP contribution < -0.4 is 15.7 Å². The van der Waals surface area contributed by atoms with Crippen molar-refractivity contribution in [2.24, 2.45) is 0 Å². The molecule has 1 heterocycles. The summed E-state index contributed by atoms with van der Waals surface area (Å²) in [5, 5.41) is 3.64. The Morgan fingerprint density at radius 2 is 1.96 bits per heavy atom. The van der Waals surface area contributed by atoms with E-state index in [0.717, 1.165) is 0 Å². The molecule has 0 fully saturated rings. The van der Waals surface area contributed by atoms with Gasteiger partial charge >= 0.3 is 5.63 Å². The quantitative estimate of drug-likeness (QED) is 0.744. The van der Waals surface area contributed by atoms with E-state index in [0.29, 0.717) is 21.7 Å². The first-order valence-electron chi connectivity index (χ1n) is 6.76. The molecule has 1 aromatic heterocycles. The van der Waals surface area contributed by atoms with Gasteiger partial charge in [0.15, 0.2) is 0 Å². The summed E-state index contributed by atoms with van der Waals surface area (Å²) in [5.74, 6) is -0.149. The first-order chi connectivity index (χ1) is 11.1. The Labute approximate surface area is 136 Å². The summed E-state index contributed by atoms with van der Waals surface area (Å²) in [6.07, 6.45) is 0. The third kappa shape index (κ3) is 3.05. The number of rotatable bonds is 3. The lowest BCUT2D eigenvalue weighted by Gasteiger charge is -2.09. The van der Waals surface area contributed by atoms with Crippen LogP contribution in [0, 0.1) is 0 Å². The Morgan fingerprint density at radius 1 is 1.17 bits per heavy atom. The van der Waals surface area contributed by atoms with Crippen molar-refractivity contribution < 1.29 is 13.9 Å². The summed E-state index contributed by atoms with van der Waals surface area (Å²) >= 11 is 5.91. The van der Waals surface area contributed by atoms with Crippen molar-refractivity contribution in [2.75, 3.05) is 12.4 Å². The molecule has 0 spiro atoms. The molecule has 23 heavy (non-hydrogen) atoms.